The number of hydrogen-bond acceptors (Lipinski definition) is 4. The van der Waals surface area contributed by atoms with Gasteiger partial charge in [-0.1, -0.05) is 19.1 Å². The first kappa shape index (κ1) is 19.1. The average Bonchev–Trinajstić information content (AvgIpc) is 3.35. The summed E-state index contributed by atoms with van der Waals surface area (Å²) in [5.41, 5.74) is 3.23. The minimum Gasteiger partial charge on any atom is -0.310 e. The Kier molecular flexibility index (Phi) is 4.61. The van der Waals surface area contributed by atoms with Gasteiger partial charge in [0.05, 0.1) is 0 Å². The average molecular weight is 395 g/mol. The number of halogens is 2. The predicted octanol–water partition coefficient (Wildman–Crippen LogP) is 4.79. The van der Waals surface area contributed by atoms with Crippen molar-refractivity contribution < 1.29 is 18.4 Å². The van der Waals surface area contributed by atoms with Crippen LogP contribution in [0.2, 0.25) is 0 Å². The van der Waals surface area contributed by atoms with Gasteiger partial charge in [0, 0.05) is 36.2 Å². The number of nitrogens with zero attached hydrogens (tertiary/aromatic N) is 2. The van der Waals surface area contributed by atoms with E-state index in [1.54, 1.807) is 31.5 Å². The molecular formula is C22H19F2N3O2. The zero-order valence-corrected chi connectivity index (χ0v) is 16.0. The fraction of sp³-hybridized carbons (Fsp3) is 0.273. The van der Waals surface area contributed by atoms with Gasteiger partial charge in [-0.2, -0.15) is 0 Å². The number of nitrogens with one attached hydrogen (secondary N) is 1. The van der Waals surface area contributed by atoms with Crippen LogP contribution in [0.1, 0.15) is 35.8 Å². The summed E-state index contributed by atoms with van der Waals surface area (Å²) < 4.78 is 26.1. The Morgan fingerprint density at radius 3 is 2.55 bits per heavy atom. The molecule has 148 valence electrons. The van der Waals surface area contributed by atoms with Crippen molar-refractivity contribution in [3.05, 3.63) is 54.0 Å². The molecule has 1 N–H and O–H groups in total. The van der Waals surface area contributed by atoms with Gasteiger partial charge in [-0.25, -0.2) is 13.8 Å². The molecule has 2 aromatic heterocycles. The number of carbonyl (C=O) groups excluding carboxylic acids is 2. The van der Waals surface area contributed by atoms with Crippen LogP contribution in [0.3, 0.4) is 0 Å². The summed E-state index contributed by atoms with van der Waals surface area (Å²) in [7, 11) is 0. The second-order valence-corrected chi connectivity index (χ2v) is 7.30. The van der Waals surface area contributed by atoms with Gasteiger partial charge in [-0.3, -0.25) is 14.6 Å². The van der Waals surface area contributed by atoms with Crippen molar-refractivity contribution in [2.45, 2.75) is 32.6 Å². The summed E-state index contributed by atoms with van der Waals surface area (Å²) in [5.74, 6) is -4.62. The Balaban J connectivity index is 1.59. The van der Waals surface area contributed by atoms with E-state index in [4.69, 9.17) is 0 Å². The summed E-state index contributed by atoms with van der Waals surface area (Å²) in [6.07, 6.45) is 3.28. The molecule has 1 aromatic carbocycles. The fourth-order valence-electron chi connectivity index (χ4n) is 3.28. The molecule has 1 aliphatic rings. The molecule has 0 bridgehead atoms. The monoisotopic (exact) mass is 395 g/mol. The number of anilines is 1. The lowest BCUT2D eigenvalue weighted by Gasteiger charge is -2.10. The number of rotatable bonds is 5. The van der Waals surface area contributed by atoms with Crippen LogP contribution in [0, 0.1) is 12.8 Å². The molecule has 1 amide bonds. The van der Waals surface area contributed by atoms with Crippen molar-refractivity contribution in [1.82, 2.24) is 9.97 Å². The van der Waals surface area contributed by atoms with Crippen LogP contribution >= 0.6 is 0 Å². The van der Waals surface area contributed by atoms with E-state index >= 15 is 0 Å². The molecule has 0 unspecified atom stereocenters. The molecular weight excluding hydrogens is 376 g/mol. The zero-order valence-electron chi connectivity index (χ0n) is 16.0. The van der Waals surface area contributed by atoms with E-state index in [9.17, 15) is 18.4 Å². The number of amides is 1. The lowest BCUT2D eigenvalue weighted by molar-refractivity contribution is -0.119. The van der Waals surface area contributed by atoms with E-state index in [-0.39, 0.29) is 11.6 Å². The second-order valence-electron chi connectivity index (χ2n) is 7.30. The maximum Gasteiger partial charge on any atom is 0.260 e. The van der Waals surface area contributed by atoms with Crippen molar-refractivity contribution in [3.8, 4) is 11.1 Å². The van der Waals surface area contributed by atoms with Crippen molar-refractivity contribution >= 4 is 28.3 Å². The number of carbonyl (C=O) groups is 2. The van der Waals surface area contributed by atoms with Crippen LogP contribution in [-0.4, -0.2) is 27.6 Å². The first-order valence-corrected chi connectivity index (χ1v) is 9.37. The Bertz CT molecular complexity index is 1140. The molecule has 1 fully saturated rings. The van der Waals surface area contributed by atoms with Crippen LogP contribution in [0.4, 0.5) is 14.6 Å². The highest BCUT2D eigenvalue weighted by Crippen LogP contribution is 2.49. The van der Waals surface area contributed by atoms with Gasteiger partial charge in [0.25, 0.3) is 5.92 Å². The van der Waals surface area contributed by atoms with E-state index in [2.05, 4.69) is 15.3 Å². The van der Waals surface area contributed by atoms with Gasteiger partial charge < -0.3 is 5.32 Å². The van der Waals surface area contributed by atoms with Crippen LogP contribution in [0.25, 0.3) is 21.9 Å². The van der Waals surface area contributed by atoms with Crippen LogP contribution < -0.4 is 5.32 Å². The molecule has 3 aromatic rings. The largest absolute Gasteiger partial charge is 0.310 e. The number of ketones is 1. The third-order valence-electron chi connectivity index (χ3n) is 5.14. The fourth-order valence-corrected chi connectivity index (χ4v) is 3.28. The van der Waals surface area contributed by atoms with Gasteiger partial charge >= 0.3 is 0 Å². The highest BCUT2D eigenvalue weighted by molar-refractivity contribution is 5.97. The van der Waals surface area contributed by atoms with Crippen LogP contribution in [0.15, 0.2) is 42.7 Å². The zero-order chi connectivity index (χ0) is 20.8. The summed E-state index contributed by atoms with van der Waals surface area (Å²) in [4.78, 5) is 32.1. The first-order chi connectivity index (χ1) is 13.8. The number of aromatic nitrogens is 2. The summed E-state index contributed by atoms with van der Waals surface area (Å²) in [5, 5.41) is 4.12. The van der Waals surface area contributed by atoms with Gasteiger partial charge in [0.2, 0.25) is 5.91 Å². The summed E-state index contributed by atoms with van der Waals surface area (Å²) in [6, 6.07) is 9.17. The van der Waals surface area contributed by atoms with Crippen molar-refractivity contribution in [2.75, 3.05) is 5.32 Å². The van der Waals surface area contributed by atoms with Gasteiger partial charge in [-0.15, -0.1) is 0 Å². The second kappa shape index (κ2) is 6.99. The van der Waals surface area contributed by atoms with Crippen LogP contribution in [0.5, 0.6) is 0 Å². The molecule has 1 saturated carbocycles. The van der Waals surface area contributed by atoms with E-state index in [1.807, 2.05) is 25.1 Å². The Labute approximate surface area is 166 Å². The normalized spacial score (nSPS) is 17.2. The third kappa shape index (κ3) is 3.72. The van der Waals surface area contributed by atoms with Gasteiger partial charge in [0.1, 0.15) is 17.4 Å². The lowest BCUT2D eigenvalue weighted by Crippen LogP contribution is -2.18. The quantitative estimate of drug-likeness (QED) is 0.631. The molecule has 5 nitrogen and oxygen atoms in total. The number of aryl methyl sites for hydroxylation is 1. The molecule has 2 heterocycles. The maximum atomic E-state index is 13.0. The summed E-state index contributed by atoms with van der Waals surface area (Å²) >= 11 is 0. The smallest absolute Gasteiger partial charge is 0.260 e. The minimum atomic E-state index is -2.90. The lowest BCUT2D eigenvalue weighted by atomic mass is 9.99. The number of alkyl halides is 2. The third-order valence-corrected chi connectivity index (χ3v) is 5.14. The molecule has 0 spiro atoms. The first-order valence-electron chi connectivity index (χ1n) is 9.37. The molecule has 7 heteroatoms. The van der Waals surface area contributed by atoms with E-state index in [1.165, 1.54) is 0 Å². The molecule has 1 atom stereocenters. The molecule has 0 saturated heterocycles. The Hall–Kier alpha value is -3.22. The van der Waals surface area contributed by atoms with E-state index < -0.39 is 24.2 Å². The van der Waals surface area contributed by atoms with Gasteiger partial charge in [0.15, 0.2) is 5.78 Å². The van der Waals surface area contributed by atoms with Crippen molar-refractivity contribution in [1.29, 1.82) is 0 Å². The van der Waals surface area contributed by atoms with Crippen molar-refractivity contribution in [2.24, 2.45) is 5.92 Å². The number of hydrogen-bond donors (Lipinski definition) is 1. The topological polar surface area (TPSA) is 72.0 Å². The molecule has 0 aliphatic heterocycles. The van der Waals surface area contributed by atoms with Gasteiger partial charge in [-0.05, 0) is 41.6 Å². The standard InChI is InChI=1S/C22H19F2N3O2/c1-3-19(28)18-6-12(2)16(11-25-18)14-5-4-13-8-20(26-10-15(13)7-14)27-21(29)17-9-22(17,23)24/h4-8,10-11,17H,3,9H2,1-2H3,(H,26,27,29)/t17-/m1/s1. The minimum absolute atomic E-state index is 0.000832. The molecule has 29 heavy (non-hydrogen) atoms. The van der Waals surface area contributed by atoms with Crippen molar-refractivity contribution in [3.63, 3.8) is 0 Å². The van der Waals surface area contributed by atoms with Crippen LogP contribution in [-0.2, 0) is 4.79 Å². The predicted molar refractivity (Wildman–Crippen MR) is 106 cm³/mol. The molecule has 1 aliphatic carbocycles. The number of fused-ring (bicyclic) bond motifs is 1. The highest BCUT2D eigenvalue weighted by atomic mass is 19.3. The van der Waals surface area contributed by atoms with E-state index in [0.717, 1.165) is 27.5 Å². The SMILES string of the molecule is CCC(=O)c1cc(C)c(-c2ccc3cc(NC(=O)[C@H]4CC4(F)F)ncc3c2)cn1. The number of pyridine rings is 2. The van der Waals surface area contributed by atoms with E-state index in [0.29, 0.717) is 12.1 Å². The Morgan fingerprint density at radius 2 is 1.90 bits per heavy atom. The highest BCUT2D eigenvalue weighted by Gasteiger charge is 2.61. The number of benzene rings is 1. The maximum absolute atomic E-state index is 13.0. The molecule has 0 radical (unpaired) electrons. The molecule has 4 rings (SSSR count). The Morgan fingerprint density at radius 1 is 1.14 bits per heavy atom. The summed E-state index contributed by atoms with van der Waals surface area (Å²) in [6.45, 7) is 3.73. The number of Topliss-reactive ketones (excluding diaryl/α,β-unsaturated/α-hetero) is 1.